The average Bonchev–Trinajstić information content (AvgIpc) is 2.81. The number of phenolic OH excluding ortho intramolecular Hbond substituents is 1. The van der Waals surface area contributed by atoms with Crippen LogP contribution in [0.2, 0.25) is 5.02 Å². The SMILES string of the molecule is CN(C)Cc1c(O)ccc2c1OC(=Cc1ccc(Cl)cc1)C2=O. The number of ether oxygens (including phenoxy) is 1. The van der Waals surface area contributed by atoms with E-state index in [0.29, 0.717) is 28.4 Å². The average molecular weight is 330 g/mol. The number of allylic oxidation sites excluding steroid dienone is 1. The van der Waals surface area contributed by atoms with E-state index in [1.807, 2.05) is 31.1 Å². The molecule has 0 spiro atoms. The van der Waals surface area contributed by atoms with E-state index >= 15 is 0 Å². The summed E-state index contributed by atoms with van der Waals surface area (Å²) in [4.78, 5) is 14.4. The van der Waals surface area contributed by atoms with Crippen molar-refractivity contribution >= 4 is 23.5 Å². The van der Waals surface area contributed by atoms with Gasteiger partial charge in [-0.2, -0.15) is 0 Å². The number of ketones is 1. The van der Waals surface area contributed by atoms with Crippen LogP contribution in [0.25, 0.3) is 6.08 Å². The number of rotatable bonds is 3. The van der Waals surface area contributed by atoms with Crippen LogP contribution < -0.4 is 4.74 Å². The van der Waals surface area contributed by atoms with E-state index in [1.165, 1.54) is 6.07 Å². The van der Waals surface area contributed by atoms with E-state index < -0.39 is 0 Å². The predicted octanol–water partition coefficient (Wildman–Crippen LogP) is 3.72. The Labute approximate surface area is 139 Å². The summed E-state index contributed by atoms with van der Waals surface area (Å²) in [6.07, 6.45) is 1.68. The molecule has 1 heterocycles. The zero-order valence-electron chi connectivity index (χ0n) is 12.8. The van der Waals surface area contributed by atoms with Crippen molar-refractivity contribution in [2.75, 3.05) is 14.1 Å². The van der Waals surface area contributed by atoms with Gasteiger partial charge in [-0.25, -0.2) is 0 Å². The maximum absolute atomic E-state index is 12.5. The van der Waals surface area contributed by atoms with Gasteiger partial charge in [0.15, 0.2) is 5.76 Å². The van der Waals surface area contributed by atoms with Gasteiger partial charge in [0.1, 0.15) is 11.5 Å². The van der Waals surface area contributed by atoms with Crippen molar-refractivity contribution < 1.29 is 14.6 Å². The summed E-state index contributed by atoms with van der Waals surface area (Å²) in [6, 6.07) is 10.3. The van der Waals surface area contributed by atoms with E-state index in [4.69, 9.17) is 16.3 Å². The second-order valence-corrected chi connectivity index (χ2v) is 6.11. The highest BCUT2D eigenvalue weighted by Crippen LogP contribution is 2.39. The molecule has 23 heavy (non-hydrogen) atoms. The monoisotopic (exact) mass is 329 g/mol. The van der Waals surface area contributed by atoms with Gasteiger partial charge in [0.05, 0.1) is 11.1 Å². The van der Waals surface area contributed by atoms with Crippen LogP contribution in [0.15, 0.2) is 42.2 Å². The van der Waals surface area contributed by atoms with Gasteiger partial charge < -0.3 is 14.7 Å². The third kappa shape index (κ3) is 3.09. The standard InChI is InChI=1S/C18H16ClNO3/c1-20(2)10-14-15(21)8-7-13-17(22)16(23-18(13)14)9-11-3-5-12(19)6-4-11/h3-9,21H,10H2,1-2H3. The number of hydrogen-bond donors (Lipinski definition) is 1. The van der Waals surface area contributed by atoms with Gasteiger partial charge in [0.25, 0.3) is 0 Å². The molecule has 1 aliphatic heterocycles. The van der Waals surface area contributed by atoms with E-state index in [1.54, 1.807) is 24.3 Å². The smallest absolute Gasteiger partial charge is 0.231 e. The lowest BCUT2D eigenvalue weighted by atomic mass is 10.0. The Balaban J connectivity index is 2.00. The summed E-state index contributed by atoms with van der Waals surface area (Å²) in [5.74, 6) is 0.616. The van der Waals surface area contributed by atoms with Crippen LogP contribution in [-0.2, 0) is 6.54 Å². The zero-order valence-corrected chi connectivity index (χ0v) is 13.6. The number of Topliss-reactive ketones (excluding diaryl/α,β-unsaturated/α-hetero) is 1. The molecule has 0 saturated carbocycles. The highest BCUT2D eigenvalue weighted by Gasteiger charge is 2.31. The Morgan fingerprint density at radius 2 is 1.87 bits per heavy atom. The first-order chi connectivity index (χ1) is 11.0. The molecular weight excluding hydrogens is 314 g/mol. The van der Waals surface area contributed by atoms with Crippen LogP contribution in [0, 0.1) is 0 Å². The zero-order chi connectivity index (χ0) is 16.6. The second kappa shape index (κ2) is 6.07. The van der Waals surface area contributed by atoms with Gasteiger partial charge >= 0.3 is 0 Å². The van der Waals surface area contributed by atoms with Crippen molar-refractivity contribution in [1.82, 2.24) is 4.90 Å². The van der Waals surface area contributed by atoms with Crippen LogP contribution in [-0.4, -0.2) is 29.9 Å². The number of carbonyl (C=O) groups is 1. The van der Waals surface area contributed by atoms with Gasteiger partial charge in [0.2, 0.25) is 5.78 Å². The molecule has 3 rings (SSSR count). The van der Waals surface area contributed by atoms with Gasteiger partial charge in [0, 0.05) is 11.6 Å². The molecule has 118 valence electrons. The number of hydrogen-bond acceptors (Lipinski definition) is 4. The Bertz CT molecular complexity index is 795. The fourth-order valence-corrected chi connectivity index (χ4v) is 2.60. The van der Waals surface area contributed by atoms with Crippen LogP contribution in [0.1, 0.15) is 21.5 Å². The third-order valence-corrected chi connectivity index (χ3v) is 3.81. The Morgan fingerprint density at radius 1 is 1.17 bits per heavy atom. The fourth-order valence-electron chi connectivity index (χ4n) is 2.48. The lowest BCUT2D eigenvalue weighted by Gasteiger charge is -2.13. The molecule has 0 amide bonds. The van der Waals surface area contributed by atoms with Crippen molar-refractivity contribution in [2.24, 2.45) is 0 Å². The fraction of sp³-hybridized carbons (Fsp3) is 0.167. The molecule has 5 heteroatoms. The highest BCUT2D eigenvalue weighted by atomic mass is 35.5. The number of phenols is 1. The molecule has 0 unspecified atom stereocenters. The minimum atomic E-state index is -0.185. The highest BCUT2D eigenvalue weighted by molar-refractivity contribution is 6.30. The minimum Gasteiger partial charge on any atom is -0.507 e. The normalized spacial score (nSPS) is 15.1. The summed E-state index contributed by atoms with van der Waals surface area (Å²) in [5, 5.41) is 10.7. The van der Waals surface area contributed by atoms with Crippen LogP contribution in [0.5, 0.6) is 11.5 Å². The van der Waals surface area contributed by atoms with Crippen LogP contribution in [0.4, 0.5) is 0 Å². The molecule has 0 atom stereocenters. The first-order valence-corrected chi connectivity index (χ1v) is 7.53. The Hall–Kier alpha value is -2.30. The Morgan fingerprint density at radius 3 is 2.52 bits per heavy atom. The number of fused-ring (bicyclic) bond motifs is 1. The molecular formula is C18H16ClNO3. The van der Waals surface area contributed by atoms with Gasteiger partial charge in [-0.1, -0.05) is 23.7 Å². The molecule has 0 aliphatic carbocycles. The summed E-state index contributed by atoms with van der Waals surface area (Å²) < 4.78 is 5.76. The number of aromatic hydroxyl groups is 1. The quantitative estimate of drug-likeness (QED) is 0.872. The molecule has 0 fully saturated rings. The summed E-state index contributed by atoms with van der Waals surface area (Å²) in [6.45, 7) is 0.483. The topological polar surface area (TPSA) is 49.8 Å². The maximum atomic E-state index is 12.5. The van der Waals surface area contributed by atoms with Gasteiger partial charge in [-0.05, 0) is 50.0 Å². The second-order valence-electron chi connectivity index (χ2n) is 5.67. The van der Waals surface area contributed by atoms with E-state index in [2.05, 4.69) is 0 Å². The molecule has 1 aliphatic rings. The summed E-state index contributed by atoms with van der Waals surface area (Å²) in [7, 11) is 3.78. The van der Waals surface area contributed by atoms with E-state index in [9.17, 15) is 9.90 Å². The molecule has 0 radical (unpaired) electrons. The van der Waals surface area contributed by atoms with Crippen molar-refractivity contribution in [2.45, 2.75) is 6.54 Å². The number of halogens is 1. The molecule has 2 aromatic carbocycles. The van der Waals surface area contributed by atoms with Crippen molar-refractivity contribution in [3.8, 4) is 11.5 Å². The maximum Gasteiger partial charge on any atom is 0.231 e. The van der Waals surface area contributed by atoms with Crippen LogP contribution >= 0.6 is 11.6 Å². The minimum absolute atomic E-state index is 0.123. The molecule has 2 aromatic rings. The number of nitrogens with zero attached hydrogens (tertiary/aromatic N) is 1. The molecule has 4 nitrogen and oxygen atoms in total. The van der Waals surface area contributed by atoms with Gasteiger partial charge in [-0.15, -0.1) is 0 Å². The summed E-state index contributed by atoms with van der Waals surface area (Å²) >= 11 is 5.87. The summed E-state index contributed by atoms with van der Waals surface area (Å²) in [5.41, 5.74) is 1.91. The van der Waals surface area contributed by atoms with Crippen LogP contribution in [0.3, 0.4) is 0 Å². The Kier molecular flexibility index (Phi) is 4.11. The van der Waals surface area contributed by atoms with E-state index in [0.717, 1.165) is 5.56 Å². The first kappa shape index (κ1) is 15.6. The largest absolute Gasteiger partial charge is 0.507 e. The predicted molar refractivity (Wildman–Crippen MR) is 89.9 cm³/mol. The van der Waals surface area contributed by atoms with Crippen molar-refractivity contribution in [3.63, 3.8) is 0 Å². The molecule has 0 aromatic heterocycles. The third-order valence-electron chi connectivity index (χ3n) is 3.56. The lowest BCUT2D eigenvalue weighted by molar-refractivity contribution is 0.101. The number of carbonyl (C=O) groups excluding carboxylic acids is 1. The lowest BCUT2D eigenvalue weighted by Crippen LogP contribution is -2.11. The van der Waals surface area contributed by atoms with Crippen molar-refractivity contribution in [3.05, 3.63) is 63.9 Å². The first-order valence-electron chi connectivity index (χ1n) is 7.15. The van der Waals surface area contributed by atoms with E-state index in [-0.39, 0.29) is 17.3 Å². The van der Waals surface area contributed by atoms with Gasteiger partial charge in [-0.3, -0.25) is 4.79 Å². The molecule has 1 N–H and O–H groups in total. The molecule has 0 bridgehead atoms. The number of benzene rings is 2. The van der Waals surface area contributed by atoms with Crippen molar-refractivity contribution in [1.29, 1.82) is 0 Å². The molecule has 0 saturated heterocycles.